The van der Waals surface area contributed by atoms with Crippen LogP contribution in [0.25, 0.3) is 0 Å². The minimum atomic E-state index is -0.498. The van der Waals surface area contributed by atoms with Crippen molar-refractivity contribution < 1.29 is 13.5 Å². The second-order valence-electron chi connectivity index (χ2n) is 5.25. The van der Waals surface area contributed by atoms with Gasteiger partial charge >= 0.3 is 0 Å². The second-order valence-corrected chi connectivity index (χ2v) is 5.25. The Bertz CT molecular complexity index is 624. The van der Waals surface area contributed by atoms with Gasteiger partial charge in [-0.1, -0.05) is 24.3 Å². The van der Waals surface area contributed by atoms with Crippen molar-refractivity contribution in [3.8, 4) is 5.75 Å². The van der Waals surface area contributed by atoms with Crippen molar-refractivity contribution in [2.45, 2.75) is 18.4 Å². The van der Waals surface area contributed by atoms with Crippen molar-refractivity contribution in [2.24, 2.45) is 0 Å². The summed E-state index contributed by atoms with van der Waals surface area (Å²) in [6, 6.07) is 11.7. The zero-order chi connectivity index (χ0) is 14.8. The van der Waals surface area contributed by atoms with E-state index in [1.54, 1.807) is 0 Å². The number of likely N-dealkylation sites (N-methyl/N-ethyl adjacent to an activating group) is 1. The van der Waals surface area contributed by atoms with Gasteiger partial charge in [0.05, 0.1) is 6.61 Å². The lowest BCUT2D eigenvalue weighted by Crippen LogP contribution is -2.35. The third-order valence-electron chi connectivity index (χ3n) is 4.08. The molecule has 2 atom stereocenters. The fraction of sp³-hybridized carbons (Fsp3) is 0.294. The van der Waals surface area contributed by atoms with Crippen LogP contribution >= 0.6 is 0 Å². The Morgan fingerprint density at radius 3 is 2.57 bits per heavy atom. The maximum Gasteiger partial charge on any atom is 0.129 e. The van der Waals surface area contributed by atoms with E-state index in [0.717, 1.165) is 11.3 Å². The van der Waals surface area contributed by atoms with Crippen LogP contribution in [0.1, 0.15) is 17.0 Å². The maximum atomic E-state index is 13.8. The highest BCUT2D eigenvalue weighted by Crippen LogP contribution is 2.36. The summed E-state index contributed by atoms with van der Waals surface area (Å²) in [5, 5.41) is 3.17. The van der Waals surface area contributed by atoms with Gasteiger partial charge in [0.2, 0.25) is 0 Å². The van der Waals surface area contributed by atoms with E-state index in [-0.39, 0.29) is 23.9 Å². The first-order chi connectivity index (χ1) is 10.2. The molecule has 21 heavy (non-hydrogen) atoms. The molecule has 0 amide bonds. The number of benzene rings is 2. The van der Waals surface area contributed by atoms with E-state index in [0.29, 0.717) is 6.61 Å². The average Bonchev–Trinajstić information content (AvgIpc) is 2.91. The molecule has 0 aromatic heterocycles. The molecular weight excluding hydrogens is 272 g/mol. The van der Waals surface area contributed by atoms with Crippen LogP contribution in [0.4, 0.5) is 8.78 Å². The molecule has 0 aliphatic carbocycles. The number of para-hydroxylation sites is 1. The molecule has 0 saturated heterocycles. The van der Waals surface area contributed by atoms with Gasteiger partial charge < -0.3 is 10.1 Å². The van der Waals surface area contributed by atoms with E-state index in [1.807, 2.05) is 31.3 Å². The van der Waals surface area contributed by atoms with Crippen LogP contribution in [0.3, 0.4) is 0 Å². The van der Waals surface area contributed by atoms with Gasteiger partial charge in [0.15, 0.2) is 0 Å². The third kappa shape index (κ3) is 2.63. The smallest absolute Gasteiger partial charge is 0.129 e. The molecule has 0 spiro atoms. The molecule has 2 unspecified atom stereocenters. The molecule has 110 valence electrons. The van der Waals surface area contributed by atoms with Gasteiger partial charge in [0.1, 0.15) is 17.4 Å². The van der Waals surface area contributed by atoms with Gasteiger partial charge in [0.25, 0.3) is 0 Å². The second kappa shape index (κ2) is 5.82. The Labute approximate surface area is 122 Å². The summed E-state index contributed by atoms with van der Waals surface area (Å²) in [6.45, 7) is 0.529. The monoisotopic (exact) mass is 289 g/mol. The van der Waals surface area contributed by atoms with Crippen molar-refractivity contribution >= 4 is 0 Å². The molecule has 0 saturated carbocycles. The van der Waals surface area contributed by atoms with Crippen molar-refractivity contribution in [1.29, 1.82) is 0 Å². The van der Waals surface area contributed by atoms with Crippen LogP contribution in [0.5, 0.6) is 5.75 Å². The highest BCUT2D eigenvalue weighted by atomic mass is 19.1. The summed E-state index contributed by atoms with van der Waals surface area (Å²) in [6.07, 6.45) is 0.289. The zero-order valence-electron chi connectivity index (χ0n) is 11.8. The Morgan fingerprint density at radius 1 is 1.14 bits per heavy atom. The molecule has 1 aliphatic heterocycles. The van der Waals surface area contributed by atoms with Gasteiger partial charge in [0, 0.05) is 23.1 Å². The fourth-order valence-corrected chi connectivity index (χ4v) is 2.91. The standard InChI is InChI=1S/C17H17F2NO/c1-20-16(9-12-14(18)6-4-7-15(12)19)13-10-21-17-8-3-2-5-11(13)17/h2-8,13,16,20H,9-10H2,1H3. The lowest BCUT2D eigenvalue weighted by molar-refractivity contribution is 0.300. The predicted octanol–water partition coefficient (Wildman–Crippen LogP) is 3.27. The van der Waals surface area contributed by atoms with E-state index in [4.69, 9.17) is 4.74 Å². The first-order valence-electron chi connectivity index (χ1n) is 7.02. The van der Waals surface area contributed by atoms with Gasteiger partial charge in [-0.3, -0.25) is 0 Å². The molecule has 4 heteroatoms. The summed E-state index contributed by atoms with van der Waals surface area (Å²) < 4.78 is 33.3. The zero-order valence-corrected chi connectivity index (χ0v) is 11.8. The van der Waals surface area contributed by atoms with Crippen molar-refractivity contribution in [3.63, 3.8) is 0 Å². The first kappa shape index (κ1) is 14.0. The van der Waals surface area contributed by atoms with E-state index < -0.39 is 11.6 Å². The summed E-state index contributed by atoms with van der Waals surface area (Å²) in [4.78, 5) is 0. The van der Waals surface area contributed by atoms with Crippen LogP contribution in [0.2, 0.25) is 0 Å². The van der Waals surface area contributed by atoms with Crippen molar-refractivity contribution in [1.82, 2.24) is 5.32 Å². The molecule has 2 nitrogen and oxygen atoms in total. The normalized spacial score (nSPS) is 18.1. The number of fused-ring (bicyclic) bond motifs is 1. The third-order valence-corrected chi connectivity index (χ3v) is 4.08. The molecule has 0 fully saturated rings. The van der Waals surface area contributed by atoms with Crippen LogP contribution in [0.15, 0.2) is 42.5 Å². The predicted molar refractivity (Wildman–Crippen MR) is 77.6 cm³/mol. The van der Waals surface area contributed by atoms with E-state index >= 15 is 0 Å². The van der Waals surface area contributed by atoms with Crippen LogP contribution < -0.4 is 10.1 Å². The molecule has 1 heterocycles. The van der Waals surface area contributed by atoms with Gasteiger partial charge in [-0.05, 0) is 31.7 Å². The Morgan fingerprint density at radius 2 is 1.86 bits per heavy atom. The lowest BCUT2D eigenvalue weighted by Gasteiger charge is -2.23. The molecule has 0 radical (unpaired) electrons. The van der Waals surface area contributed by atoms with Crippen molar-refractivity contribution in [3.05, 3.63) is 65.2 Å². The van der Waals surface area contributed by atoms with E-state index in [2.05, 4.69) is 5.32 Å². The highest BCUT2D eigenvalue weighted by molar-refractivity contribution is 5.41. The van der Waals surface area contributed by atoms with Gasteiger partial charge in [-0.25, -0.2) is 8.78 Å². The van der Waals surface area contributed by atoms with Gasteiger partial charge in [-0.2, -0.15) is 0 Å². The summed E-state index contributed by atoms with van der Waals surface area (Å²) >= 11 is 0. The molecule has 0 bridgehead atoms. The van der Waals surface area contributed by atoms with Crippen LogP contribution in [-0.4, -0.2) is 19.7 Å². The molecule has 2 aromatic carbocycles. The summed E-state index contributed by atoms with van der Waals surface area (Å²) in [5.41, 5.74) is 1.22. The molecular formula is C17H17F2NO. The number of nitrogens with one attached hydrogen (secondary N) is 1. The average molecular weight is 289 g/mol. The maximum absolute atomic E-state index is 13.8. The minimum absolute atomic E-state index is 0.0833. The number of rotatable bonds is 4. The topological polar surface area (TPSA) is 21.3 Å². The quantitative estimate of drug-likeness (QED) is 0.932. The minimum Gasteiger partial charge on any atom is -0.493 e. The largest absolute Gasteiger partial charge is 0.493 e. The SMILES string of the molecule is CNC(Cc1c(F)cccc1F)C1COc2ccccc21. The Kier molecular flexibility index (Phi) is 3.88. The number of hydrogen-bond acceptors (Lipinski definition) is 2. The van der Waals surface area contributed by atoms with E-state index in [1.165, 1.54) is 18.2 Å². The number of hydrogen-bond donors (Lipinski definition) is 1. The van der Waals surface area contributed by atoms with E-state index in [9.17, 15) is 8.78 Å². The Balaban J connectivity index is 1.87. The van der Waals surface area contributed by atoms with Gasteiger partial charge in [-0.15, -0.1) is 0 Å². The number of ether oxygens (including phenoxy) is 1. The molecule has 3 rings (SSSR count). The number of halogens is 2. The molecule has 2 aromatic rings. The fourth-order valence-electron chi connectivity index (χ4n) is 2.91. The summed E-state index contributed by atoms with van der Waals surface area (Å²) in [5.74, 6) is -0.0492. The Hall–Kier alpha value is -1.94. The molecule has 1 aliphatic rings. The summed E-state index contributed by atoms with van der Waals surface area (Å²) in [7, 11) is 1.81. The van der Waals surface area contributed by atoms with Crippen molar-refractivity contribution in [2.75, 3.05) is 13.7 Å². The van der Waals surface area contributed by atoms with Crippen LogP contribution in [-0.2, 0) is 6.42 Å². The molecule has 1 N–H and O–H groups in total. The lowest BCUT2D eigenvalue weighted by atomic mass is 9.89. The first-order valence-corrected chi connectivity index (χ1v) is 7.02. The highest BCUT2D eigenvalue weighted by Gasteiger charge is 2.31. The van der Waals surface area contributed by atoms with Crippen LogP contribution in [0, 0.1) is 11.6 Å².